The number of esters is 2. The van der Waals surface area contributed by atoms with Crippen molar-refractivity contribution in [1.82, 2.24) is 0 Å². The Hall–Kier alpha value is -1.63. The van der Waals surface area contributed by atoms with Gasteiger partial charge in [0.15, 0.2) is 6.61 Å². The molecular weight excluding hydrogens is 244 g/mol. The van der Waals surface area contributed by atoms with Crippen LogP contribution >= 0.6 is 0 Å². The van der Waals surface area contributed by atoms with Crippen molar-refractivity contribution in [2.24, 2.45) is 0 Å². The van der Waals surface area contributed by atoms with Crippen LogP contribution in [0, 0.1) is 0 Å². The second-order valence-corrected chi connectivity index (χ2v) is 3.71. The average molecular weight is 262 g/mol. The molecule has 0 radical (unpaired) electrons. The number of ether oxygens (including phenoxy) is 2. The predicted octanol–water partition coefficient (Wildman–Crippen LogP) is 0.0986. The van der Waals surface area contributed by atoms with Crippen molar-refractivity contribution in [3.63, 3.8) is 0 Å². The zero-order chi connectivity index (χ0) is 14.0. The van der Waals surface area contributed by atoms with Gasteiger partial charge >= 0.3 is 17.9 Å². The molecule has 0 amide bonds. The fourth-order valence-electron chi connectivity index (χ4n) is 1.06. The Labute approximate surface area is 105 Å². The number of rotatable bonds is 9. The molecule has 0 aliphatic carbocycles. The fraction of sp³-hybridized carbons (Fsp3) is 0.727. The summed E-state index contributed by atoms with van der Waals surface area (Å²) in [6, 6.07) is 0. The van der Waals surface area contributed by atoms with E-state index in [0.717, 1.165) is 0 Å². The molecule has 0 saturated carbocycles. The van der Waals surface area contributed by atoms with Gasteiger partial charge in [0.2, 0.25) is 0 Å². The Morgan fingerprint density at radius 1 is 1.11 bits per heavy atom. The van der Waals surface area contributed by atoms with Crippen molar-refractivity contribution < 1.29 is 34.1 Å². The highest BCUT2D eigenvalue weighted by atomic mass is 16.6. The molecule has 0 aliphatic rings. The van der Waals surface area contributed by atoms with Crippen LogP contribution in [-0.4, -0.2) is 47.4 Å². The summed E-state index contributed by atoms with van der Waals surface area (Å²) in [6.45, 7) is 0.888. The van der Waals surface area contributed by atoms with Gasteiger partial charge in [0.25, 0.3) is 0 Å². The van der Waals surface area contributed by atoms with Crippen molar-refractivity contribution in [2.75, 3.05) is 13.2 Å². The van der Waals surface area contributed by atoms with Crippen molar-refractivity contribution in [3.05, 3.63) is 0 Å². The molecule has 0 saturated heterocycles. The highest BCUT2D eigenvalue weighted by molar-refractivity contribution is 5.75. The molecule has 0 aliphatic heterocycles. The van der Waals surface area contributed by atoms with E-state index in [9.17, 15) is 14.4 Å². The molecule has 0 rings (SSSR count). The zero-order valence-electron chi connectivity index (χ0n) is 10.3. The maximum atomic E-state index is 11.0. The van der Waals surface area contributed by atoms with E-state index in [1.807, 2.05) is 0 Å². The van der Waals surface area contributed by atoms with Gasteiger partial charge in [-0.05, 0) is 26.2 Å². The minimum atomic E-state index is -1.19. The third kappa shape index (κ3) is 9.59. The number of unbranched alkanes of at least 4 members (excludes halogenated alkanes) is 2. The quantitative estimate of drug-likeness (QED) is 0.448. The molecule has 0 aromatic carbocycles. The first-order valence-electron chi connectivity index (χ1n) is 5.65. The molecule has 18 heavy (non-hydrogen) atoms. The third-order valence-corrected chi connectivity index (χ3v) is 1.97. The number of hydrogen-bond donors (Lipinski definition) is 2. The van der Waals surface area contributed by atoms with E-state index < -0.39 is 30.6 Å². The standard InChI is InChI=1S/C11H18O7/c1-8(12)11(16)17-6-4-2-3-5-10(15)18-7-9(13)14/h8,12H,2-7H2,1H3,(H,13,14). The molecule has 7 heteroatoms. The first-order valence-corrected chi connectivity index (χ1v) is 5.65. The lowest BCUT2D eigenvalue weighted by atomic mass is 10.2. The lowest BCUT2D eigenvalue weighted by molar-refractivity contribution is -0.155. The number of aliphatic hydroxyl groups excluding tert-OH is 1. The first kappa shape index (κ1) is 16.4. The number of hydrogen-bond acceptors (Lipinski definition) is 6. The molecule has 1 unspecified atom stereocenters. The van der Waals surface area contributed by atoms with Crippen LogP contribution in [0.3, 0.4) is 0 Å². The Bertz CT molecular complexity index is 285. The number of aliphatic hydroxyl groups is 1. The van der Waals surface area contributed by atoms with Gasteiger partial charge in [-0.15, -0.1) is 0 Å². The summed E-state index contributed by atoms with van der Waals surface area (Å²) in [6.07, 6.45) is 0.762. The summed E-state index contributed by atoms with van der Waals surface area (Å²) in [7, 11) is 0. The largest absolute Gasteiger partial charge is 0.479 e. The highest BCUT2D eigenvalue weighted by Gasteiger charge is 2.09. The number of carboxylic acids is 1. The number of carbonyl (C=O) groups is 3. The van der Waals surface area contributed by atoms with Crippen molar-refractivity contribution in [1.29, 1.82) is 0 Å². The molecule has 2 N–H and O–H groups in total. The van der Waals surface area contributed by atoms with Crippen molar-refractivity contribution >= 4 is 17.9 Å². The summed E-state index contributed by atoms with van der Waals surface area (Å²) in [5.74, 6) is -2.41. The molecule has 0 heterocycles. The monoisotopic (exact) mass is 262 g/mol. The van der Waals surface area contributed by atoms with Gasteiger partial charge in [-0.1, -0.05) is 0 Å². The molecular formula is C11H18O7. The highest BCUT2D eigenvalue weighted by Crippen LogP contribution is 2.02. The van der Waals surface area contributed by atoms with Gasteiger partial charge < -0.3 is 19.7 Å². The van der Waals surface area contributed by atoms with Gasteiger partial charge in [0, 0.05) is 6.42 Å². The van der Waals surface area contributed by atoms with Crippen LogP contribution in [0.25, 0.3) is 0 Å². The van der Waals surface area contributed by atoms with Gasteiger partial charge in [0.05, 0.1) is 6.61 Å². The van der Waals surface area contributed by atoms with Gasteiger partial charge in [-0.3, -0.25) is 4.79 Å². The summed E-state index contributed by atoms with van der Waals surface area (Å²) < 4.78 is 9.13. The van der Waals surface area contributed by atoms with E-state index >= 15 is 0 Å². The number of aliphatic carboxylic acids is 1. The minimum absolute atomic E-state index is 0.137. The Balaban J connectivity index is 3.37. The second kappa shape index (κ2) is 9.41. The topological polar surface area (TPSA) is 110 Å². The summed E-state index contributed by atoms with van der Waals surface area (Å²) in [5.41, 5.74) is 0. The van der Waals surface area contributed by atoms with Crippen molar-refractivity contribution in [3.8, 4) is 0 Å². The normalized spacial score (nSPS) is 11.7. The average Bonchev–Trinajstić information content (AvgIpc) is 2.30. The van der Waals surface area contributed by atoms with Crippen LogP contribution in [0.15, 0.2) is 0 Å². The molecule has 104 valence electrons. The Morgan fingerprint density at radius 3 is 2.33 bits per heavy atom. The van der Waals surface area contributed by atoms with Crippen LogP contribution in [0.4, 0.5) is 0 Å². The SMILES string of the molecule is CC(O)C(=O)OCCCCCC(=O)OCC(=O)O. The molecule has 0 aromatic heterocycles. The molecule has 0 aromatic rings. The van der Waals surface area contributed by atoms with E-state index in [0.29, 0.717) is 19.3 Å². The molecule has 0 bridgehead atoms. The van der Waals surface area contributed by atoms with E-state index in [4.69, 9.17) is 14.9 Å². The third-order valence-electron chi connectivity index (χ3n) is 1.97. The fourth-order valence-corrected chi connectivity index (χ4v) is 1.06. The van der Waals surface area contributed by atoms with E-state index in [2.05, 4.69) is 4.74 Å². The van der Waals surface area contributed by atoms with Crippen LogP contribution < -0.4 is 0 Å². The molecule has 7 nitrogen and oxygen atoms in total. The second-order valence-electron chi connectivity index (χ2n) is 3.71. The van der Waals surface area contributed by atoms with E-state index in [1.165, 1.54) is 6.92 Å². The lowest BCUT2D eigenvalue weighted by Gasteiger charge is -2.06. The van der Waals surface area contributed by atoms with Crippen molar-refractivity contribution in [2.45, 2.75) is 38.7 Å². The van der Waals surface area contributed by atoms with Crippen LogP contribution in [0.1, 0.15) is 32.6 Å². The van der Waals surface area contributed by atoms with Crippen LogP contribution in [0.2, 0.25) is 0 Å². The minimum Gasteiger partial charge on any atom is -0.479 e. The van der Waals surface area contributed by atoms with Crippen LogP contribution in [0.5, 0.6) is 0 Å². The van der Waals surface area contributed by atoms with Crippen LogP contribution in [-0.2, 0) is 23.9 Å². The van der Waals surface area contributed by atoms with E-state index in [-0.39, 0.29) is 13.0 Å². The van der Waals surface area contributed by atoms with Gasteiger partial charge in [0.1, 0.15) is 6.10 Å². The van der Waals surface area contributed by atoms with E-state index in [1.54, 1.807) is 0 Å². The summed E-state index contributed by atoms with van der Waals surface area (Å²) in [4.78, 5) is 31.9. The number of carboxylic acid groups (broad SMARTS) is 1. The summed E-state index contributed by atoms with van der Waals surface area (Å²) in [5, 5.41) is 17.1. The Morgan fingerprint density at radius 2 is 1.78 bits per heavy atom. The lowest BCUT2D eigenvalue weighted by Crippen LogP contribution is -2.19. The molecule has 0 spiro atoms. The van der Waals surface area contributed by atoms with Gasteiger partial charge in [-0.25, -0.2) is 9.59 Å². The maximum Gasteiger partial charge on any atom is 0.341 e. The van der Waals surface area contributed by atoms with Gasteiger partial charge in [-0.2, -0.15) is 0 Å². The first-order chi connectivity index (χ1) is 8.43. The number of carbonyl (C=O) groups excluding carboxylic acids is 2. The maximum absolute atomic E-state index is 11.0. The molecule has 0 fully saturated rings. The smallest absolute Gasteiger partial charge is 0.341 e. The summed E-state index contributed by atoms with van der Waals surface area (Å²) >= 11 is 0. The Kier molecular flexibility index (Phi) is 8.55. The predicted molar refractivity (Wildman–Crippen MR) is 59.7 cm³/mol. The zero-order valence-corrected chi connectivity index (χ0v) is 10.3. The molecule has 1 atom stereocenters.